The fourth-order valence-electron chi connectivity index (χ4n) is 2.94. The van der Waals surface area contributed by atoms with Gasteiger partial charge in [0.05, 0.1) is 0 Å². The lowest BCUT2D eigenvalue weighted by Gasteiger charge is -2.20. The number of nitrogens with one attached hydrogen (secondary N) is 1. The lowest BCUT2D eigenvalue weighted by molar-refractivity contribution is 0.0766. The minimum Gasteiger partial charge on any atom is -0.337 e. The van der Waals surface area contributed by atoms with Gasteiger partial charge < -0.3 is 10.2 Å². The van der Waals surface area contributed by atoms with Gasteiger partial charge >= 0.3 is 0 Å². The molecule has 0 aromatic heterocycles. The molecule has 1 aromatic carbocycles. The number of nitrogens with zero attached hydrogens (tertiary/aromatic N) is 1. The summed E-state index contributed by atoms with van der Waals surface area (Å²) < 4.78 is 0. The summed E-state index contributed by atoms with van der Waals surface area (Å²) in [6.07, 6.45) is 4.60. The van der Waals surface area contributed by atoms with Crippen LogP contribution in [0.4, 0.5) is 0 Å². The molecule has 1 N–H and O–H groups in total. The summed E-state index contributed by atoms with van der Waals surface area (Å²) in [4.78, 5) is 14.4. The second-order valence-electron chi connectivity index (χ2n) is 5.23. The Balaban J connectivity index is 1.79. The monoisotopic (exact) mass is 244 g/mol. The summed E-state index contributed by atoms with van der Waals surface area (Å²) in [5.41, 5.74) is 3.69. The standard InChI is InChI=1S/C15H20N2O/c18-15(17-9-2-7-16-8-10-17)14-6-5-12-3-1-4-13(12)11-14/h5-6,11,16H,1-4,7-10H2. The minimum absolute atomic E-state index is 0.202. The SMILES string of the molecule is O=C(c1ccc2c(c1)CCC2)N1CCCNCC1. The van der Waals surface area contributed by atoms with Crippen LogP contribution in [0.3, 0.4) is 0 Å². The molecule has 3 nitrogen and oxygen atoms in total. The maximum atomic E-state index is 12.5. The first-order valence-corrected chi connectivity index (χ1v) is 6.96. The van der Waals surface area contributed by atoms with Crippen LogP contribution in [0.25, 0.3) is 0 Å². The highest BCUT2D eigenvalue weighted by Gasteiger charge is 2.19. The second kappa shape index (κ2) is 5.11. The lowest BCUT2D eigenvalue weighted by Crippen LogP contribution is -2.34. The van der Waals surface area contributed by atoms with E-state index in [1.807, 2.05) is 11.0 Å². The van der Waals surface area contributed by atoms with Crippen molar-refractivity contribution in [3.8, 4) is 0 Å². The zero-order valence-electron chi connectivity index (χ0n) is 10.7. The van der Waals surface area contributed by atoms with E-state index in [0.717, 1.165) is 44.6 Å². The molecule has 3 heteroatoms. The fourth-order valence-corrected chi connectivity index (χ4v) is 2.94. The average Bonchev–Trinajstić information content (AvgIpc) is 2.69. The van der Waals surface area contributed by atoms with Crippen molar-refractivity contribution in [1.29, 1.82) is 0 Å². The van der Waals surface area contributed by atoms with Gasteiger partial charge in [-0.05, 0) is 55.5 Å². The highest BCUT2D eigenvalue weighted by molar-refractivity contribution is 5.94. The summed E-state index contributed by atoms with van der Waals surface area (Å²) in [5.74, 6) is 0.202. The number of fused-ring (bicyclic) bond motifs is 1. The van der Waals surface area contributed by atoms with Gasteiger partial charge in [-0.1, -0.05) is 6.07 Å². The number of carbonyl (C=O) groups excluding carboxylic acids is 1. The summed E-state index contributed by atoms with van der Waals surface area (Å²) >= 11 is 0. The van der Waals surface area contributed by atoms with Crippen molar-refractivity contribution in [2.24, 2.45) is 0 Å². The molecule has 96 valence electrons. The second-order valence-corrected chi connectivity index (χ2v) is 5.23. The van der Waals surface area contributed by atoms with Crippen molar-refractivity contribution < 1.29 is 4.79 Å². The number of aryl methyl sites for hydroxylation is 2. The summed E-state index contributed by atoms with van der Waals surface area (Å²) in [6, 6.07) is 6.26. The van der Waals surface area contributed by atoms with E-state index in [1.165, 1.54) is 24.0 Å². The van der Waals surface area contributed by atoms with Crippen molar-refractivity contribution in [2.45, 2.75) is 25.7 Å². The van der Waals surface area contributed by atoms with Crippen LogP contribution < -0.4 is 5.32 Å². The highest BCUT2D eigenvalue weighted by Crippen LogP contribution is 2.23. The van der Waals surface area contributed by atoms with Crippen LogP contribution in [-0.2, 0) is 12.8 Å². The Kier molecular flexibility index (Phi) is 3.33. The molecule has 0 atom stereocenters. The molecular formula is C15H20N2O. The molecule has 2 aliphatic rings. The van der Waals surface area contributed by atoms with E-state index in [2.05, 4.69) is 17.4 Å². The van der Waals surface area contributed by atoms with Crippen molar-refractivity contribution >= 4 is 5.91 Å². The Bertz CT molecular complexity index is 448. The first-order chi connectivity index (χ1) is 8.84. The highest BCUT2D eigenvalue weighted by atomic mass is 16.2. The predicted octanol–water partition coefficient (Wildman–Crippen LogP) is 1.61. The molecule has 0 saturated carbocycles. The number of hydrogen-bond donors (Lipinski definition) is 1. The van der Waals surface area contributed by atoms with E-state index >= 15 is 0 Å². The molecule has 1 amide bonds. The molecule has 0 radical (unpaired) electrons. The number of amides is 1. The van der Waals surface area contributed by atoms with Crippen molar-refractivity contribution in [2.75, 3.05) is 26.2 Å². The number of carbonyl (C=O) groups is 1. The Morgan fingerprint density at radius 2 is 1.94 bits per heavy atom. The average molecular weight is 244 g/mol. The van der Waals surface area contributed by atoms with Crippen molar-refractivity contribution in [3.63, 3.8) is 0 Å². The van der Waals surface area contributed by atoms with Gasteiger partial charge in [0.15, 0.2) is 0 Å². The molecule has 1 heterocycles. The van der Waals surface area contributed by atoms with Crippen molar-refractivity contribution in [3.05, 3.63) is 34.9 Å². The van der Waals surface area contributed by atoms with Crippen LogP contribution in [0.2, 0.25) is 0 Å². The van der Waals surface area contributed by atoms with Gasteiger partial charge in [0, 0.05) is 25.2 Å². The minimum atomic E-state index is 0.202. The topological polar surface area (TPSA) is 32.3 Å². The third-order valence-corrected chi connectivity index (χ3v) is 3.97. The largest absolute Gasteiger partial charge is 0.337 e. The van der Waals surface area contributed by atoms with Crippen molar-refractivity contribution in [1.82, 2.24) is 10.2 Å². The van der Waals surface area contributed by atoms with E-state index in [9.17, 15) is 4.79 Å². The van der Waals surface area contributed by atoms with E-state index < -0.39 is 0 Å². The molecule has 1 fully saturated rings. The molecule has 1 aromatic rings. The Morgan fingerprint density at radius 3 is 2.89 bits per heavy atom. The van der Waals surface area contributed by atoms with Gasteiger partial charge in [-0.25, -0.2) is 0 Å². The third-order valence-electron chi connectivity index (χ3n) is 3.97. The summed E-state index contributed by atoms with van der Waals surface area (Å²) in [6.45, 7) is 3.64. The Labute approximate surface area is 108 Å². The molecule has 3 rings (SSSR count). The zero-order valence-corrected chi connectivity index (χ0v) is 10.7. The Morgan fingerprint density at radius 1 is 1.06 bits per heavy atom. The smallest absolute Gasteiger partial charge is 0.253 e. The maximum absolute atomic E-state index is 12.5. The first-order valence-electron chi connectivity index (χ1n) is 6.96. The first kappa shape index (κ1) is 11.7. The Hall–Kier alpha value is -1.35. The lowest BCUT2D eigenvalue weighted by atomic mass is 10.1. The molecule has 0 bridgehead atoms. The van der Waals surface area contributed by atoms with Gasteiger partial charge in [0.2, 0.25) is 0 Å². The van der Waals surface area contributed by atoms with Crippen LogP contribution in [0, 0.1) is 0 Å². The zero-order chi connectivity index (χ0) is 12.4. The summed E-state index contributed by atoms with van der Waals surface area (Å²) in [5, 5.41) is 3.33. The van der Waals surface area contributed by atoms with Crippen LogP contribution in [0.1, 0.15) is 34.3 Å². The third kappa shape index (κ3) is 2.27. The van der Waals surface area contributed by atoms with Gasteiger partial charge in [0.1, 0.15) is 0 Å². The van der Waals surface area contributed by atoms with Crippen LogP contribution in [0.15, 0.2) is 18.2 Å². The van der Waals surface area contributed by atoms with Gasteiger partial charge in [-0.15, -0.1) is 0 Å². The molecule has 0 unspecified atom stereocenters. The fraction of sp³-hybridized carbons (Fsp3) is 0.533. The maximum Gasteiger partial charge on any atom is 0.253 e. The van der Waals surface area contributed by atoms with E-state index in [1.54, 1.807) is 0 Å². The van der Waals surface area contributed by atoms with Crippen LogP contribution in [-0.4, -0.2) is 37.0 Å². The normalized spacial score (nSPS) is 19.4. The van der Waals surface area contributed by atoms with Crippen LogP contribution >= 0.6 is 0 Å². The molecular weight excluding hydrogens is 224 g/mol. The number of rotatable bonds is 1. The van der Waals surface area contributed by atoms with E-state index in [4.69, 9.17) is 0 Å². The molecule has 1 aliphatic carbocycles. The van der Waals surface area contributed by atoms with Crippen LogP contribution in [0.5, 0.6) is 0 Å². The molecule has 0 spiro atoms. The van der Waals surface area contributed by atoms with E-state index in [-0.39, 0.29) is 5.91 Å². The number of benzene rings is 1. The quantitative estimate of drug-likeness (QED) is 0.814. The van der Waals surface area contributed by atoms with Gasteiger partial charge in [-0.2, -0.15) is 0 Å². The predicted molar refractivity (Wildman–Crippen MR) is 71.9 cm³/mol. The van der Waals surface area contributed by atoms with Gasteiger partial charge in [-0.3, -0.25) is 4.79 Å². The van der Waals surface area contributed by atoms with Gasteiger partial charge in [0.25, 0.3) is 5.91 Å². The molecule has 1 saturated heterocycles. The molecule has 18 heavy (non-hydrogen) atoms. The van der Waals surface area contributed by atoms with E-state index in [0.29, 0.717) is 0 Å². The molecule has 1 aliphatic heterocycles. The summed E-state index contributed by atoms with van der Waals surface area (Å²) in [7, 11) is 0. The number of hydrogen-bond acceptors (Lipinski definition) is 2.